The molecule has 0 aliphatic carbocycles. The minimum absolute atomic E-state index is 0. The van der Waals surface area contributed by atoms with Crippen molar-refractivity contribution in [3.05, 3.63) is 71.3 Å². The van der Waals surface area contributed by atoms with Crippen LogP contribution in [0.3, 0.4) is 0 Å². The van der Waals surface area contributed by atoms with E-state index in [1.807, 2.05) is 47.4 Å². The van der Waals surface area contributed by atoms with E-state index in [-0.39, 0.29) is 18.3 Å². The Balaban J connectivity index is 0.00000264. The fraction of sp³-hybridized carbons (Fsp3) is 0.316. The number of carbonyl (C=O) groups is 1. The van der Waals surface area contributed by atoms with Gasteiger partial charge in [0.15, 0.2) is 0 Å². The predicted molar refractivity (Wildman–Crippen MR) is 97.7 cm³/mol. The van der Waals surface area contributed by atoms with Crippen molar-refractivity contribution < 1.29 is 4.79 Å². The molecule has 2 rings (SSSR count). The molecule has 0 aliphatic rings. The molecular formula is C19H25ClN2O. The summed E-state index contributed by atoms with van der Waals surface area (Å²) in [7, 11) is 0. The molecule has 124 valence electrons. The summed E-state index contributed by atoms with van der Waals surface area (Å²) in [5, 5.41) is 0. The highest BCUT2D eigenvalue weighted by molar-refractivity contribution is 5.85. The number of nitrogens with zero attached hydrogens (tertiary/aromatic N) is 1. The van der Waals surface area contributed by atoms with Gasteiger partial charge in [0.1, 0.15) is 0 Å². The lowest BCUT2D eigenvalue weighted by Crippen LogP contribution is -2.33. The van der Waals surface area contributed by atoms with Crippen LogP contribution in [0.5, 0.6) is 0 Å². The molecule has 0 radical (unpaired) electrons. The molecular weight excluding hydrogens is 308 g/mol. The first-order chi connectivity index (χ1) is 10.7. The van der Waals surface area contributed by atoms with Crippen molar-refractivity contribution >= 4 is 18.3 Å². The van der Waals surface area contributed by atoms with Gasteiger partial charge in [-0.05, 0) is 31.0 Å². The highest BCUT2D eigenvalue weighted by atomic mass is 35.5. The van der Waals surface area contributed by atoms with E-state index in [4.69, 9.17) is 5.73 Å². The van der Waals surface area contributed by atoms with Gasteiger partial charge in [-0.3, -0.25) is 4.79 Å². The fourth-order valence-corrected chi connectivity index (χ4v) is 2.37. The second-order valence-electron chi connectivity index (χ2n) is 5.61. The molecule has 0 saturated carbocycles. The van der Waals surface area contributed by atoms with Crippen LogP contribution in [0.4, 0.5) is 0 Å². The zero-order chi connectivity index (χ0) is 15.8. The van der Waals surface area contributed by atoms with E-state index in [2.05, 4.69) is 19.1 Å². The molecule has 3 nitrogen and oxygen atoms in total. The van der Waals surface area contributed by atoms with Gasteiger partial charge in [0.05, 0.1) is 6.42 Å². The number of carbonyl (C=O) groups excluding carboxylic acids is 1. The zero-order valence-corrected chi connectivity index (χ0v) is 14.4. The van der Waals surface area contributed by atoms with E-state index in [1.165, 1.54) is 5.56 Å². The van der Waals surface area contributed by atoms with Crippen molar-refractivity contribution in [2.24, 2.45) is 5.73 Å². The van der Waals surface area contributed by atoms with Crippen molar-refractivity contribution in [1.29, 1.82) is 0 Å². The van der Waals surface area contributed by atoms with Crippen LogP contribution >= 0.6 is 12.4 Å². The maximum Gasteiger partial charge on any atom is 0.227 e. The van der Waals surface area contributed by atoms with Crippen LogP contribution in [-0.4, -0.2) is 23.9 Å². The average molecular weight is 333 g/mol. The first-order valence-corrected chi connectivity index (χ1v) is 7.76. The maximum absolute atomic E-state index is 12.6. The predicted octanol–water partition coefficient (Wildman–Crippen LogP) is 3.34. The van der Waals surface area contributed by atoms with Gasteiger partial charge in [-0.1, -0.05) is 60.2 Å². The second-order valence-corrected chi connectivity index (χ2v) is 5.61. The molecule has 0 saturated heterocycles. The molecule has 4 heteroatoms. The summed E-state index contributed by atoms with van der Waals surface area (Å²) in [6.45, 7) is 4.00. The standard InChI is InChI=1S/C19H24N2O.ClH/c1-16-8-10-17(11-9-16)14-19(22)21(13-5-12-20)15-18-6-3-2-4-7-18;/h2-4,6-11H,5,12-15,20H2,1H3;1H. The normalized spacial score (nSPS) is 10.0. The van der Waals surface area contributed by atoms with Crippen molar-refractivity contribution in [3.63, 3.8) is 0 Å². The Morgan fingerprint density at radius 3 is 2.26 bits per heavy atom. The number of benzene rings is 2. The maximum atomic E-state index is 12.6. The number of rotatable bonds is 7. The van der Waals surface area contributed by atoms with Crippen LogP contribution in [0, 0.1) is 6.92 Å². The largest absolute Gasteiger partial charge is 0.338 e. The van der Waals surface area contributed by atoms with E-state index in [0.717, 1.165) is 17.5 Å². The summed E-state index contributed by atoms with van der Waals surface area (Å²) in [4.78, 5) is 14.5. The van der Waals surface area contributed by atoms with E-state index in [1.54, 1.807) is 0 Å². The fourth-order valence-electron chi connectivity index (χ4n) is 2.37. The van der Waals surface area contributed by atoms with Gasteiger partial charge in [-0.25, -0.2) is 0 Å². The number of hydrogen-bond acceptors (Lipinski definition) is 2. The first kappa shape index (κ1) is 19.2. The van der Waals surface area contributed by atoms with Crippen LogP contribution in [-0.2, 0) is 17.8 Å². The third-order valence-electron chi connectivity index (χ3n) is 3.68. The quantitative estimate of drug-likeness (QED) is 0.845. The Bertz CT molecular complexity index is 584. The van der Waals surface area contributed by atoms with Gasteiger partial charge in [0.25, 0.3) is 0 Å². The lowest BCUT2D eigenvalue weighted by Gasteiger charge is -2.23. The van der Waals surface area contributed by atoms with E-state index in [9.17, 15) is 4.79 Å². The summed E-state index contributed by atoms with van der Waals surface area (Å²) in [5.41, 5.74) is 9.02. The van der Waals surface area contributed by atoms with Crippen molar-refractivity contribution in [1.82, 2.24) is 4.90 Å². The molecule has 1 amide bonds. The average Bonchev–Trinajstić information content (AvgIpc) is 2.54. The second kappa shape index (κ2) is 10.0. The molecule has 0 bridgehead atoms. The Labute approximate surface area is 144 Å². The molecule has 0 heterocycles. The van der Waals surface area contributed by atoms with Gasteiger partial charge in [0.2, 0.25) is 5.91 Å². The monoisotopic (exact) mass is 332 g/mol. The van der Waals surface area contributed by atoms with Gasteiger partial charge in [-0.15, -0.1) is 12.4 Å². The summed E-state index contributed by atoms with van der Waals surface area (Å²) >= 11 is 0. The highest BCUT2D eigenvalue weighted by Crippen LogP contribution is 2.10. The molecule has 23 heavy (non-hydrogen) atoms. The summed E-state index contributed by atoms with van der Waals surface area (Å²) in [6, 6.07) is 18.2. The molecule has 0 unspecified atom stereocenters. The minimum atomic E-state index is 0. The molecule has 2 aromatic rings. The van der Waals surface area contributed by atoms with Crippen LogP contribution in [0.15, 0.2) is 54.6 Å². The number of halogens is 1. The molecule has 2 N–H and O–H groups in total. The third kappa shape index (κ3) is 6.43. The van der Waals surface area contributed by atoms with Crippen molar-refractivity contribution in [2.45, 2.75) is 26.3 Å². The Morgan fingerprint density at radius 2 is 1.65 bits per heavy atom. The number of nitrogens with two attached hydrogens (primary N) is 1. The molecule has 0 spiro atoms. The molecule has 0 aliphatic heterocycles. The van der Waals surface area contributed by atoms with Gasteiger partial charge >= 0.3 is 0 Å². The summed E-state index contributed by atoms with van der Waals surface area (Å²) in [5.74, 6) is 0.154. The lowest BCUT2D eigenvalue weighted by molar-refractivity contribution is -0.131. The summed E-state index contributed by atoms with van der Waals surface area (Å²) in [6.07, 6.45) is 1.27. The number of amides is 1. The minimum Gasteiger partial charge on any atom is -0.338 e. The third-order valence-corrected chi connectivity index (χ3v) is 3.68. The number of aryl methyl sites for hydroxylation is 1. The molecule has 0 atom stereocenters. The number of hydrogen-bond donors (Lipinski definition) is 1. The van der Waals surface area contributed by atoms with Crippen LogP contribution in [0.25, 0.3) is 0 Å². The van der Waals surface area contributed by atoms with Gasteiger partial charge in [-0.2, -0.15) is 0 Å². The smallest absolute Gasteiger partial charge is 0.227 e. The first-order valence-electron chi connectivity index (χ1n) is 7.76. The molecule has 2 aromatic carbocycles. The summed E-state index contributed by atoms with van der Waals surface area (Å²) < 4.78 is 0. The molecule has 0 aromatic heterocycles. The van der Waals surface area contributed by atoms with E-state index >= 15 is 0 Å². The van der Waals surface area contributed by atoms with Crippen molar-refractivity contribution in [3.8, 4) is 0 Å². The van der Waals surface area contributed by atoms with E-state index in [0.29, 0.717) is 26.1 Å². The SMILES string of the molecule is Cc1ccc(CC(=O)N(CCCN)Cc2ccccc2)cc1.Cl. The van der Waals surface area contributed by atoms with Crippen LogP contribution in [0.1, 0.15) is 23.1 Å². The van der Waals surface area contributed by atoms with Crippen LogP contribution in [0.2, 0.25) is 0 Å². The lowest BCUT2D eigenvalue weighted by atomic mass is 10.1. The zero-order valence-electron chi connectivity index (χ0n) is 13.6. The molecule has 0 fully saturated rings. The highest BCUT2D eigenvalue weighted by Gasteiger charge is 2.14. The van der Waals surface area contributed by atoms with Crippen molar-refractivity contribution in [2.75, 3.05) is 13.1 Å². The van der Waals surface area contributed by atoms with Gasteiger partial charge in [0, 0.05) is 13.1 Å². The van der Waals surface area contributed by atoms with Crippen LogP contribution < -0.4 is 5.73 Å². The Kier molecular flexibility index (Phi) is 8.38. The van der Waals surface area contributed by atoms with Gasteiger partial charge < -0.3 is 10.6 Å². The Morgan fingerprint density at radius 1 is 1.00 bits per heavy atom. The topological polar surface area (TPSA) is 46.3 Å². The van der Waals surface area contributed by atoms with E-state index < -0.39 is 0 Å². The Hall–Kier alpha value is -1.84.